The molecular weight excluding hydrogens is 719 g/mol. The summed E-state index contributed by atoms with van der Waals surface area (Å²) in [6.45, 7) is 11.5. The summed E-state index contributed by atoms with van der Waals surface area (Å²) < 4.78 is 5.52. The number of carboxylic acid groups (broad SMARTS) is 1. The van der Waals surface area contributed by atoms with E-state index in [4.69, 9.17) is 14.6 Å². The Morgan fingerprint density at radius 2 is 1.55 bits per heavy atom. The van der Waals surface area contributed by atoms with Gasteiger partial charge >= 0.3 is 0 Å². The van der Waals surface area contributed by atoms with Crippen LogP contribution in [-0.2, 0) is 25.5 Å². The van der Waals surface area contributed by atoms with Crippen molar-refractivity contribution >= 4 is 52.8 Å². The SMILES string of the molecule is CC(C)CC1NC(=O)CCCN(C(=O)C(C)(C)N2CCOCC2)CCCNC(=O)c2csc(n2)[C@H](Cc2ccccc2)NC(=O)c2csc1n2.O=CO. The number of hydrogen-bond acceptors (Lipinski definition) is 11. The summed E-state index contributed by atoms with van der Waals surface area (Å²) in [5.74, 6) is -0.524. The van der Waals surface area contributed by atoms with Crippen LogP contribution in [0.25, 0.3) is 0 Å². The fraction of sp³-hybridized carbons (Fsp3) is 0.541. The van der Waals surface area contributed by atoms with E-state index in [2.05, 4.69) is 44.7 Å². The van der Waals surface area contributed by atoms with Gasteiger partial charge < -0.3 is 30.7 Å². The lowest BCUT2D eigenvalue weighted by atomic mass is 9.99. The Balaban J connectivity index is 0.00000202. The van der Waals surface area contributed by atoms with Crippen LogP contribution in [-0.4, -0.2) is 106 Å². The highest BCUT2D eigenvalue weighted by Crippen LogP contribution is 2.27. The summed E-state index contributed by atoms with van der Waals surface area (Å²) in [5, 5.41) is 20.8. The number of carbonyl (C=O) groups is 5. The Kier molecular flexibility index (Phi) is 15.9. The molecule has 14 nitrogen and oxygen atoms in total. The van der Waals surface area contributed by atoms with E-state index in [0.29, 0.717) is 81.6 Å². The summed E-state index contributed by atoms with van der Waals surface area (Å²) >= 11 is 2.67. The lowest BCUT2D eigenvalue weighted by molar-refractivity contribution is -0.146. The summed E-state index contributed by atoms with van der Waals surface area (Å²) in [6.07, 6.45) is 2.40. The second-order valence-corrected chi connectivity index (χ2v) is 15.7. The third-order valence-electron chi connectivity index (χ3n) is 9.07. The summed E-state index contributed by atoms with van der Waals surface area (Å²) in [4.78, 5) is 75.8. The van der Waals surface area contributed by atoms with Crippen molar-refractivity contribution in [3.63, 3.8) is 0 Å². The predicted octanol–water partition coefficient (Wildman–Crippen LogP) is 4.07. The lowest BCUT2D eigenvalue weighted by Gasteiger charge is -2.42. The zero-order chi connectivity index (χ0) is 38.4. The van der Waals surface area contributed by atoms with Gasteiger partial charge in [-0.1, -0.05) is 44.2 Å². The van der Waals surface area contributed by atoms with E-state index in [0.717, 1.165) is 5.56 Å². The number of fused-ring (bicyclic) bond motifs is 4. The fourth-order valence-electron chi connectivity index (χ4n) is 6.30. The third-order valence-corrected chi connectivity index (χ3v) is 11.0. The van der Waals surface area contributed by atoms with Crippen molar-refractivity contribution in [3.05, 3.63) is 68.1 Å². The molecule has 3 aromatic rings. The van der Waals surface area contributed by atoms with Gasteiger partial charge in [0.25, 0.3) is 18.3 Å². The molecule has 4 N–H and O–H groups in total. The van der Waals surface area contributed by atoms with E-state index in [9.17, 15) is 19.2 Å². The van der Waals surface area contributed by atoms with Crippen molar-refractivity contribution in [2.24, 2.45) is 5.92 Å². The molecule has 2 aromatic heterocycles. The summed E-state index contributed by atoms with van der Waals surface area (Å²) in [7, 11) is 0. The number of amides is 4. The van der Waals surface area contributed by atoms with E-state index in [1.54, 1.807) is 10.8 Å². The molecular formula is C37H51N7O7S2. The van der Waals surface area contributed by atoms with Crippen molar-refractivity contribution in [2.45, 2.75) is 77.4 Å². The lowest BCUT2D eigenvalue weighted by Crippen LogP contribution is -2.59. The van der Waals surface area contributed by atoms with Gasteiger partial charge in [-0.05, 0) is 51.0 Å². The molecule has 0 aliphatic carbocycles. The quantitative estimate of drug-likeness (QED) is 0.267. The monoisotopic (exact) mass is 769 g/mol. The molecule has 0 saturated carbocycles. The average molecular weight is 770 g/mol. The van der Waals surface area contributed by atoms with Crippen molar-refractivity contribution in [2.75, 3.05) is 45.9 Å². The molecule has 16 heteroatoms. The van der Waals surface area contributed by atoms with Gasteiger partial charge in [0, 0.05) is 49.9 Å². The molecule has 1 saturated heterocycles. The number of ether oxygens (including phenoxy) is 1. The zero-order valence-corrected chi connectivity index (χ0v) is 32.5. The highest BCUT2D eigenvalue weighted by molar-refractivity contribution is 7.10. The zero-order valence-electron chi connectivity index (χ0n) is 30.8. The van der Waals surface area contributed by atoms with Crippen molar-refractivity contribution < 1.29 is 33.8 Å². The van der Waals surface area contributed by atoms with Gasteiger partial charge in [-0.2, -0.15) is 0 Å². The highest BCUT2D eigenvalue weighted by atomic mass is 32.1. The van der Waals surface area contributed by atoms with Crippen LogP contribution in [0.15, 0.2) is 41.1 Å². The molecule has 2 aliphatic rings. The number of aromatic nitrogens is 2. The molecule has 2 aliphatic heterocycles. The first kappa shape index (κ1) is 41.5. The van der Waals surface area contributed by atoms with E-state index in [-0.39, 0.29) is 59.9 Å². The molecule has 4 bridgehead atoms. The summed E-state index contributed by atoms with van der Waals surface area (Å²) in [6, 6.07) is 8.97. The predicted molar refractivity (Wildman–Crippen MR) is 203 cm³/mol. The maximum atomic E-state index is 14.0. The smallest absolute Gasteiger partial charge is 0.290 e. The maximum Gasteiger partial charge on any atom is 0.290 e. The Morgan fingerprint density at radius 1 is 0.943 bits per heavy atom. The molecule has 4 heterocycles. The number of rotatable bonds is 6. The van der Waals surface area contributed by atoms with Crippen LogP contribution < -0.4 is 16.0 Å². The average Bonchev–Trinajstić information content (AvgIpc) is 3.84. The molecule has 288 valence electrons. The topological polar surface area (TPSA) is 183 Å². The van der Waals surface area contributed by atoms with Gasteiger partial charge in [-0.15, -0.1) is 22.7 Å². The van der Waals surface area contributed by atoms with E-state index in [1.807, 2.05) is 49.1 Å². The second-order valence-electron chi connectivity index (χ2n) is 13.9. The standard InChI is InChI=1S/C36H49N7O5S2.CH2O2/c1-24(2)20-26-33-41-29(23-50-33)32(46)39-27(21-25-10-6-5-7-11-25)34-40-28(22-49-34)31(45)37-13-9-15-42(14-8-12-30(44)38-26)35(47)36(3,4)43-16-18-48-19-17-43;2-1-3/h5-7,10-11,22-24,26-27H,8-9,12-21H2,1-4H3,(H,37,45)(H,38,44)(H,39,46);1H,(H,2,3)/t26?,27-;/m0./s1. The van der Waals surface area contributed by atoms with Crippen molar-refractivity contribution in [1.29, 1.82) is 0 Å². The maximum absolute atomic E-state index is 14.0. The Bertz CT molecular complexity index is 1660. The number of carbonyl (C=O) groups excluding carboxylic acids is 4. The molecule has 0 radical (unpaired) electrons. The minimum atomic E-state index is -0.745. The van der Waals surface area contributed by atoms with Gasteiger partial charge in [-0.3, -0.25) is 28.9 Å². The van der Waals surface area contributed by atoms with Crippen LogP contribution >= 0.6 is 22.7 Å². The first-order chi connectivity index (χ1) is 25.4. The van der Waals surface area contributed by atoms with Crippen molar-refractivity contribution in [3.8, 4) is 0 Å². The number of thiazole rings is 2. The molecule has 5 rings (SSSR count). The van der Waals surface area contributed by atoms with Gasteiger partial charge in [0.2, 0.25) is 11.8 Å². The Labute approximate surface area is 318 Å². The molecule has 1 aromatic carbocycles. The normalized spacial score (nSPS) is 19.9. The van der Waals surface area contributed by atoms with Gasteiger partial charge in [0.15, 0.2) is 0 Å². The van der Waals surface area contributed by atoms with Gasteiger partial charge in [0.05, 0.1) is 30.8 Å². The van der Waals surface area contributed by atoms with Crippen LogP contribution in [0.5, 0.6) is 0 Å². The molecule has 1 fully saturated rings. The second kappa shape index (κ2) is 20.3. The minimum Gasteiger partial charge on any atom is -0.483 e. The molecule has 0 spiro atoms. The van der Waals surface area contributed by atoms with Gasteiger partial charge in [0.1, 0.15) is 21.4 Å². The molecule has 2 atom stereocenters. The van der Waals surface area contributed by atoms with E-state index in [1.165, 1.54) is 22.7 Å². The molecule has 53 heavy (non-hydrogen) atoms. The van der Waals surface area contributed by atoms with Crippen LogP contribution in [0, 0.1) is 5.92 Å². The number of benzene rings is 1. The van der Waals surface area contributed by atoms with Crippen LogP contribution in [0.1, 0.15) is 102 Å². The Hall–Kier alpha value is -4.25. The van der Waals surface area contributed by atoms with E-state index >= 15 is 0 Å². The summed E-state index contributed by atoms with van der Waals surface area (Å²) in [5.41, 5.74) is 0.815. The minimum absolute atomic E-state index is 0.0108. The first-order valence-corrected chi connectivity index (χ1v) is 19.7. The van der Waals surface area contributed by atoms with E-state index < -0.39 is 11.6 Å². The fourth-order valence-corrected chi connectivity index (χ4v) is 8.01. The first-order valence-electron chi connectivity index (χ1n) is 18.0. The molecule has 4 amide bonds. The Morgan fingerprint density at radius 3 is 2.19 bits per heavy atom. The van der Waals surface area contributed by atoms with Gasteiger partial charge in [-0.25, -0.2) is 9.97 Å². The van der Waals surface area contributed by atoms with Crippen LogP contribution in [0.4, 0.5) is 0 Å². The number of nitrogens with zero attached hydrogens (tertiary/aromatic N) is 4. The number of morpholine rings is 1. The number of nitrogens with one attached hydrogen (secondary N) is 3. The van der Waals surface area contributed by atoms with Crippen LogP contribution in [0.3, 0.4) is 0 Å². The number of hydrogen-bond donors (Lipinski definition) is 4. The van der Waals surface area contributed by atoms with Crippen LogP contribution in [0.2, 0.25) is 0 Å². The highest BCUT2D eigenvalue weighted by Gasteiger charge is 2.38. The largest absolute Gasteiger partial charge is 0.483 e. The molecule has 1 unspecified atom stereocenters. The third kappa shape index (κ3) is 12.1. The van der Waals surface area contributed by atoms with Crippen molar-refractivity contribution in [1.82, 2.24) is 35.7 Å².